The number of likely N-dealkylation sites (tertiary alicyclic amines) is 1. The maximum atomic E-state index is 12.8. The van der Waals surface area contributed by atoms with Gasteiger partial charge in [0.2, 0.25) is 0 Å². The Hall–Kier alpha value is -1.46. The van der Waals surface area contributed by atoms with E-state index in [9.17, 15) is 9.59 Å². The molecule has 0 spiro atoms. The number of rotatable bonds is 2. The van der Waals surface area contributed by atoms with E-state index >= 15 is 0 Å². The summed E-state index contributed by atoms with van der Waals surface area (Å²) in [6, 6.07) is -0.0698. The number of hydrogen-bond acceptors (Lipinski definition) is 4. The van der Waals surface area contributed by atoms with E-state index < -0.39 is 11.7 Å². The Morgan fingerprint density at radius 2 is 1.63 bits per heavy atom. The molecule has 1 saturated heterocycles. The third-order valence-corrected chi connectivity index (χ3v) is 6.78. The topological polar surface area (TPSA) is 67.9 Å². The lowest BCUT2D eigenvalue weighted by molar-refractivity contribution is -0.103. The summed E-state index contributed by atoms with van der Waals surface area (Å²) >= 11 is 0. The molecule has 27 heavy (non-hydrogen) atoms. The molecular formula is C21H34N2O4. The van der Waals surface area contributed by atoms with Crippen LogP contribution in [0.5, 0.6) is 0 Å². The highest BCUT2D eigenvalue weighted by Gasteiger charge is 2.50. The van der Waals surface area contributed by atoms with E-state index in [1.807, 2.05) is 20.8 Å². The largest absolute Gasteiger partial charge is 0.446 e. The zero-order chi connectivity index (χ0) is 19.2. The Balaban J connectivity index is 1.29. The first kappa shape index (κ1) is 18.9. The molecule has 5 aliphatic rings. The molecule has 4 bridgehead atoms. The highest BCUT2D eigenvalue weighted by molar-refractivity contribution is 5.70. The van der Waals surface area contributed by atoms with E-state index in [1.165, 1.54) is 32.1 Å². The van der Waals surface area contributed by atoms with Crippen molar-refractivity contribution in [3.05, 3.63) is 0 Å². The van der Waals surface area contributed by atoms with Crippen LogP contribution in [0, 0.1) is 23.7 Å². The fraction of sp³-hybridized carbons (Fsp3) is 0.905. The standard InChI is InChI=1S/C21H34N2O4/c1-21(2,3)27-19(24)22-17-5-4-6-23(12-17)20(25)26-18-15-8-13-7-14(10-15)11-16(18)9-13/h13-18H,4-12H2,1-3H3,(H,22,24)/t13?,14?,15?,16?,17-,18?/m1/s1. The molecule has 2 amide bonds. The van der Waals surface area contributed by atoms with Gasteiger partial charge in [0.15, 0.2) is 0 Å². The Morgan fingerprint density at radius 1 is 1.00 bits per heavy atom. The quantitative estimate of drug-likeness (QED) is 0.790. The van der Waals surface area contributed by atoms with Crippen LogP contribution in [0.25, 0.3) is 0 Å². The molecule has 4 aliphatic carbocycles. The fourth-order valence-electron chi connectivity index (χ4n) is 5.99. The van der Waals surface area contributed by atoms with Gasteiger partial charge in [-0.25, -0.2) is 9.59 Å². The first-order chi connectivity index (χ1) is 12.8. The van der Waals surface area contributed by atoms with Crippen molar-refractivity contribution in [2.24, 2.45) is 23.7 Å². The van der Waals surface area contributed by atoms with Crippen LogP contribution in [-0.4, -0.2) is 47.9 Å². The lowest BCUT2D eigenvalue weighted by Crippen LogP contribution is -2.54. The Labute approximate surface area is 162 Å². The molecule has 0 aromatic rings. The Morgan fingerprint density at radius 3 is 2.22 bits per heavy atom. The zero-order valence-electron chi connectivity index (χ0n) is 16.9. The van der Waals surface area contributed by atoms with E-state index in [2.05, 4.69) is 5.32 Å². The molecule has 5 rings (SSSR count). The van der Waals surface area contributed by atoms with Crippen molar-refractivity contribution >= 4 is 12.2 Å². The van der Waals surface area contributed by atoms with Gasteiger partial charge in [0.05, 0.1) is 0 Å². The van der Waals surface area contributed by atoms with Crippen LogP contribution in [0.4, 0.5) is 9.59 Å². The van der Waals surface area contributed by atoms with Gasteiger partial charge in [-0.15, -0.1) is 0 Å². The molecule has 1 atom stereocenters. The first-order valence-corrected chi connectivity index (χ1v) is 10.7. The van der Waals surface area contributed by atoms with Crippen molar-refractivity contribution in [1.29, 1.82) is 0 Å². The molecule has 0 unspecified atom stereocenters. The van der Waals surface area contributed by atoms with Gasteiger partial charge in [-0.05, 0) is 89.4 Å². The average molecular weight is 379 g/mol. The van der Waals surface area contributed by atoms with Gasteiger partial charge in [-0.3, -0.25) is 0 Å². The molecule has 1 aliphatic heterocycles. The summed E-state index contributed by atoms with van der Waals surface area (Å²) < 4.78 is 11.4. The van der Waals surface area contributed by atoms with E-state index in [0.29, 0.717) is 24.9 Å². The van der Waals surface area contributed by atoms with Gasteiger partial charge in [0, 0.05) is 19.1 Å². The van der Waals surface area contributed by atoms with Gasteiger partial charge in [0.1, 0.15) is 11.7 Å². The second kappa shape index (κ2) is 7.17. The molecule has 0 aromatic heterocycles. The molecule has 6 heteroatoms. The maximum Gasteiger partial charge on any atom is 0.410 e. The molecule has 6 nitrogen and oxygen atoms in total. The number of hydrogen-bond donors (Lipinski definition) is 1. The summed E-state index contributed by atoms with van der Waals surface area (Å²) in [6.45, 7) is 6.76. The third-order valence-electron chi connectivity index (χ3n) is 6.78. The lowest BCUT2D eigenvalue weighted by atomic mass is 9.55. The number of amides is 2. The summed E-state index contributed by atoms with van der Waals surface area (Å²) in [5, 5.41) is 2.90. The molecule has 4 saturated carbocycles. The first-order valence-electron chi connectivity index (χ1n) is 10.7. The van der Waals surface area contributed by atoms with Gasteiger partial charge >= 0.3 is 12.2 Å². The normalized spacial score (nSPS) is 37.8. The van der Waals surface area contributed by atoms with Gasteiger partial charge in [0.25, 0.3) is 0 Å². The fourth-order valence-corrected chi connectivity index (χ4v) is 5.99. The third kappa shape index (κ3) is 4.35. The number of nitrogens with one attached hydrogen (secondary N) is 1. The zero-order valence-corrected chi connectivity index (χ0v) is 16.9. The molecular weight excluding hydrogens is 344 g/mol. The summed E-state index contributed by atoms with van der Waals surface area (Å²) in [5.41, 5.74) is -0.517. The summed E-state index contributed by atoms with van der Waals surface area (Å²) in [7, 11) is 0. The van der Waals surface area contributed by atoms with Gasteiger partial charge < -0.3 is 19.7 Å². The number of carbonyl (C=O) groups excluding carboxylic acids is 2. The number of nitrogens with zero attached hydrogens (tertiary/aromatic N) is 1. The van der Waals surface area contributed by atoms with Crippen LogP contribution in [0.2, 0.25) is 0 Å². The van der Waals surface area contributed by atoms with Crippen LogP contribution in [-0.2, 0) is 9.47 Å². The predicted molar refractivity (Wildman–Crippen MR) is 101 cm³/mol. The Bertz CT molecular complexity index is 557. The van der Waals surface area contributed by atoms with Gasteiger partial charge in [-0.2, -0.15) is 0 Å². The number of carbonyl (C=O) groups is 2. The van der Waals surface area contributed by atoms with E-state index in [4.69, 9.17) is 9.47 Å². The van der Waals surface area contributed by atoms with Crippen molar-refractivity contribution < 1.29 is 19.1 Å². The molecule has 5 fully saturated rings. The van der Waals surface area contributed by atoms with Crippen LogP contribution in [0.15, 0.2) is 0 Å². The number of alkyl carbamates (subject to hydrolysis) is 1. The minimum Gasteiger partial charge on any atom is -0.446 e. The van der Waals surface area contributed by atoms with E-state index in [-0.39, 0.29) is 18.2 Å². The minimum absolute atomic E-state index is 0.0698. The van der Waals surface area contributed by atoms with Crippen LogP contribution < -0.4 is 5.32 Å². The second-order valence-corrected chi connectivity index (χ2v) is 10.2. The number of piperidine rings is 1. The maximum absolute atomic E-state index is 12.8. The predicted octanol–water partition coefficient (Wildman–Crippen LogP) is 3.94. The van der Waals surface area contributed by atoms with Crippen molar-refractivity contribution in [3.8, 4) is 0 Å². The van der Waals surface area contributed by atoms with Crippen molar-refractivity contribution in [2.75, 3.05) is 13.1 Å². The van der Waals surface area contributed by atoms with E-state index in [0.717, 1.165) is 24.7 Å². The smallest absolute Gasteiger partial charge is 0.410 e. The molecule has 1 heterocycles. The summed E-state index contributed by atoms with van der Waals surface area (Å²) in [6.07, 6.45) is 7.62. The number of ether oxygens (including phenoxy) is 2. The monoisotopic (exact) mass is 378 g/mol. The summed E-state index contributed by atoms with van der Waals surface area (Å²) in [4.78, 5) is 26.6. The van der Waals surface area contributed by atoms with Crippen LogP contribution in [0.1, 0.15) is 65.7 Å². The van der Waals surface area contributed by atoms with Crippen LogP contribution >= 0.6 is 0 Å². The lowest BCUT2D eigenvalue weighted by Gasteiger charge is -2.53. The van der Waals surface area contributed by atoms with Gasteiger partial charge in [-0.1, -0.05) is 0 Å². The summed E-state index contributed by atoms with van der Waals surface area (Å²) in [5.74, 6) is 2.90. The SMILES string of the molecule is CC(C)(C)OC(=O)N[C@@H]1CCCN(C(=O)OC2C3CC4CC(C3)CC2C4)C1. The molecule has 1 N–H and O–H groups in total. The van der Waals surface area contributed by atoms with E-state index in [1.54, 1.807) is 4.90 Å². The van der Waals surface area contributed by atoms with Crippen molar-refractivity contribution in [3.63, 3.8) is 0 Å². The van der Waals surface area contributed by atoms with Crippen LogP contribution in [0.3, 0.4) is 0 Å². The average Bonchev–Trinajstić information content (AvgIpc) is 2.55. The molecule has 152 valence electrons. The molecule has 0 aromatic carbocycles. The highest BCUT2D eigenvalue weighted by Crippen LogP contribution is 2.54. The minimum atomic E-state index is -0.517. The second-order valence-electron chi connectivity index (χ2n) is 10.2. The molecule has 0 radical (unpaired) electrons. The Kier molecular flexibility index (Phi) is 5.02. The van der Waals surface area contributed by atoms with Crippen molar-refractivity contribution in [2.45, 2.75) is 83.5 Å². The highest BCUT2D eigenvalue weighted by atomic mass is 16.6. The van der Waals surface area contributed by atoms with Crippen molar-refractivity contribution in [1.82, 2.24) is 10.2 Å².